The van der Waals surface area contributed by atoms with E-state index < -0.39 is 0 Å². The van der Waals surface area contributed by atoms with Crippen molar-refractivity contribution in [2.24, 2.45) is 0 Å². The molecule has 1 aromatic carbocycles. The minimum atomic E-state index is 0.310. The van der Waals surface area contributed by atoms with Crippen molar-refractivity contribution in [3.63, 3.8) is 0 Å². The highest BCUT2D eigenvalue weighted by atomic mass is 32.1. The first-order valence-electron chi connectivity index (χ1n) is 6.00. The number of fused-ring (bicyclic) bond motifs is 1. The number of hydrogen-bond acceptors (Lipinski definition) is 5. The van der Waals surface area contributed by atoms with Crippen molar-refractivity contribution < 1.29 is 9.47 Å². The van der Waals surface area contributed by atoms with Crippen LogP contribution in [0.3, 0.4) is 0 Å². The Labute approximate surface area is 109 Å². The summed E-state index contributed by atoms with van der Waals surface area (Å²) in [4.78, 5) is 4.60. The van der Waals surface area contributed by atoms with E-state index in [1.807, 2.05) is 18.2 Å². The quantitative estimate of drug-likeness (QED) is 0.920. The van der Waals surface area contributed by atoms with Crippen LogP contribution >= 0.6 is 11.3 Å². The molecule has 1 aliphatic heterocycles. The second-order valence-electron chi connectivity index (χ2n) is 4.52. The van der Waals surface area contributed by atoms with Crippen LogP contribution in [0.2, 0.25) is 0 Å². The maximum absolute atomic E-state index is 5.38. The molecule has 0 radical (unpaired) electrons. The number of anilines is 1. The van der Waals surface area contributed by atoms with Gasteiger partial charge in [-0.25, -0.2) is 4.98 Å². The third kappa shape index (κ3) is 1.80. The van der Waals surface area contributed by atoms with Crippen molar-refractivity contribution in [2.75, 3.05) is 12.1 Å². The fourth-order valence-corrected chi connectivity index (χ4v) is 2.73. The lowest BCUT2D eigenvalue weighted by atomic mass is 10.1. The van der Waals surface area contributed by atoms with E-state index in [-0.39, 0.29) is 0 Å². The Morgan fingerprint density at radius 1 is 1.22 bits per heavy atom. The molecule has 4 rings (SSSR count). The van der Waals surface area contributed by atoms with Gasteiger partial charge in [0.1, 0.15) is 0 Å². The van der Waals surface area contributed by atoms with E-state index in [1.165, 1.54) is 12.8 Å². The van der Waals surface area contributed by atoms with Gasteiger partial charge in [0.25, 0.3) is 0 Å². The van der Waals surface area contributed by atoms with Crippen LogP contribution < -0.4 is 14.8 Å². The van der Waals surface area contributed by atoms with E-state index in [2.05, 4.69) is 15.7 Å². The molecule has 2 heterocycles. The Balaban J connectivity index is 1.63. The van der Waals surface area contributed by atoms with Gasteiger partial charge in [-0.3, -0.25) is 0 Å². The van der Waals surface area contributed by atoms with Crippen molar-refractivity contribution in [2.45, 2.75) is 18.9 Å². The number of nitrogens with zero attached hydrogens (tertiary/aromatic N) is 1. The Hall–Kier alpha value is -1.75. The van der Waals surface area contributed by atoms with Crippen LogP contribution in [0.5, 0.6) is 11.5 Å². The second kappa shape index (κ2) is 3.88. The van der Waals surface area contributed by atoms with Crippen LogP contribution in [0, 0.1) is 0 Å². The standard InChI is InChI=1S/C13H12N2O2S/c1-4-11-12(17-7-16-11)5-8(1)10-6-18-13(15-10)14-9-2-3-9/h1,4-6,9H,2-3,7H2,(H,14,15). The molecule has 0 unspecified atom stereocenters. The lowest BCUT2D eigenvalue weighted by molar-refractivity contribution is 0.174. The molecular formula is C13H12N2O2S. The monoisotopic (exact) mass is 260 g/mol. The van der Waals surface area contributed by atoms with E-state index in [0.717, 1.165) is 27.9 Å². The summed E-state index contributed by atoms with van der Waals surface area (Å²) in [7, 11) is 0. The fraction of sp³-hybridized carbons (Fsp3) is 0.308. The fourth-order valence-electron chi connectivity index (χ4n) is 1.93. The molecule has 0 bridgehead atoms. The number of rotatable bonds is 3. The largest absolute Gasteiger partial charge is 0.454 e. The van der Waals surface area contributed by atoms with Gasteiger partial charge >= 0.3 is 0 Å². The molecule has 5 heteroatoms. The van der Waals surface area contributed by atoms with Crippen molar-refractivity contribution in [3.8, 4) is 22.8 Å². The maximum Gasteiger partial charge on any atom is 0.231 e. The van der Waals surface area contributed by atoms with Crippen LogP contribution in [0.25, 0.3) is 11.3 Å². The van der Waals surface area contributed by atoms with Crippen molar-refractivity contribution in [3.05, 3.63) is 23.6 Å². The third-order valence-electron chi connectivity index (χ3n) is 3.08. The van der Waals surface area contributed by atoms with Crippen LogP contribution in [-0.4, -0.2) is 17.8 Å². The van der Waals surface area contributed by atoms with E-state index in [4.69, 9.17) is 9.47 Å². The van der Waals surface area contributed by atoms with Gasteiger partial charge < -0.3 is 14.8 Å². The molecule has 18 heavy (non-hydrogen) atoms. The minimum Gasteiger partial charge on any atom is -0.454 e. The Bertz CT molecular complexity index is 592. The van der Waals surface area contributed by atoms with Crippen LogP contribution in [0.1, 0.15) is 12.8 Å². The molecule has 0 spiro atoms. The molecule has 1 saturated carbocycles. The SMILES string of the molecule is c1cc2c(cc1-c1csc(NC3CC3)n1)OCO2. The zero-order valence-corrected chi connectivity index (χ0v) is 10.5. The Kier molecular flexibility index (Phi) is 2.20. The Morgan fingerprint density at radius 3 is 3.00 bits per heavy atom. The number of benzene rings is 1. The number of aromatic nitrogens is 1. The smallest absolute Gasteiger partial charge is 0.231 e. The summed E-state index contributed by atoms with van der Waals surface area (Å²) in [5, 5.41) is 6.49. The summed E-state index contributed by atoms with van der Waals surface area (Å²) in [5.41, 5.74) is 2.06. The first-order chi connectivity index (χ1) is 8.88. The number of thiazole rings is 1. The van der Waals surface area contributed by atoms with Gasteiger partial charge in [0, 0.05) is 17.0 Å². The van der Waals surface area contributed by atoms with Gasteiger partial charge in [-0.2, -0.15) is 0 Å². The van der Waals surface area contributed by atoms with Gasteiger partial charge in [-0.05, 0) is 31.0 Å². The van der Waals surface area contributed by atoms with Gasteiger partial charge in [0.05, 0.1) is 5.69 Å². The predicted octanol–water partition coefficient (Wildman–Crippen LogP) is 3.11. The van der Waals surface area contributed by atoms with E-state index in [0.29, 0.717) is 12.8 Å². The Morgan fingerprint density at radius 2 is 2.11 bits per heavy atom. The van der Waals surface area contributed by atoms with E-state index in [1.54, 1.807) is 11.3 Å². The van der Waals surface area contributed by atoms with Gasteiger partial charge in [-0.15, -0.1) is 11.3 Å². The highest BCUT2D eigenvalue weighted by Gasteiger charge is 2.22. The van der Waals surface area contributed by atoms with E-state index in [9.17, 15) is 0 Å². The summed E-state index contributed by atoms with van der Waals surface area (Å²) < 4.78 is 10.7. The van der Waals surface area contributed by atoms with Crippen molar-refractivity contribution >= 4 is 16.5 Å². The molecule has 2 aliphatic rings. The summed E-state index contributed by atoms with van der Waals surface area (Å²) >= 11 is 1.65. The van der Waals surface area contributed by atoms with Gasteiger partial charge in [0.2, 0.25) is 6.79 Å². The molecular weight excluding hydrogens is 248 g/mol. The van der Waals surface area contributed by atoms with Gasteiger partial charge in [-0.1, -0.05) is 0 Å². The third-order valence-corrected chi connectivity index (χ3v) is 3.85. The maximum atomic E-state index is 5.38. The molecule has 1 fully saturated rings. The highest BCUT2D eigenvalue weighted by molar-refractivity contribution is 7.14. The normalized spacial score (nSPS) is 16.9. The molecule has 0 saturated heterocycles. The highest BCUT2D eigenvalue weighted by Crippen LogP contribution is 2.37. The van der Waals surface area contributed by atoms with Crippen molar-refractivity contribution in [1.82, 2.24) is 4.98 Å². The molecule has 1 aliphatic carbocycles. The number of ether oxygens (including phenoxy) is 2. The predicted molar refractivity (Wildman–Crippen MR) is 70.3 cm³/mol. The first-order valence-corrected chi connectivity index (χ1v) is 6.88. The molecule has 1 N–H and O–H groups in total. The molecule has 1 aromatic heterocycles. The zero-order valence-electron chi connectivity index (χ0n) is 9.68. The van der Waals surface area contributed by atoms with E-state index >= 15 is 0 Å². The zero-order chi connectivity index (χ0) is 11.9. The van der Waals surface area contributed by atoms with Crippen LogP contribution in [-0.2, 0) is 0 Å². The van der Waals surface area contributed by atoms with Crippen LogP contribution in [0.4, 0.5) is 5.13 Å². The van der Waals surface area contributed by atoms with Crippen LogP contribution in [0.15, 0.2) is 23.6 Å². The van der Waals surface area contributed by atoms with Gasteiger partial charge in [0.15, 0.2) is 16.6 Å². The summed E-state index contributed by atoms with van der Waals surface area (Å²) in [6.45, 7) is 0.310. The first kappa shape index (κ1) is 10.2. The summed E-state index contributed by atoms with van der Waals surface area (Å²) in [5.74, 6) is 1.61. The molecule has 4 nitrogen and oxygen atoms in total. The molecule has 0 atom stereocenters. The average molecular weight is 260 g/mol. The lowest BCUT2D eigenvalue weighted by Gasteiger charge is -2.00. The molecule has 92 valence electrons. The number of hydrogen-bond donors (Lipinski definition) is 1. The summed E-state index contributed by atoms with van der Waals surface area (Å²) in [6, 6.07) is 6.58. The second-order valence-corrected chi connectivity index (χ2v) is 5.38. The lowest BCUT2D eigenvalue weighted by Crippen LogP contribution is -1.99. The molecule has 0 amide bonds. The summed E-state index contributed by atoms with van der Waals surface area (Å²) in [6.07, 6.45) is 2.53. The number of nitrogens with one attached hydrogen (secondary N) is 1. The molecule has 2 aromatic rings. The van der Waals surface area contributed by atoms with Crippen molar-refractivity contribution in [1.29, 1.82) is 0 Å². The average Bonchev–Trinajstić information content (AvgIpc) is 2.91. The topological polar surface area (TPSA) is 43.4 Å². The minimum absolute atomic E-state index is 0.310.